The minimum Gasteiger partial charge on any atom is -0.350 e. The van der Waals surface area contributed by atoms with Gasteiger partial charge in [-0.1, -0.05) is 30.3 Å². The van der Waals surface area contributed by atoms with Gasteiger partial charge in [0, 0.05) is 12.1 Å². The number of benzene rings is 2. The summed E-state index contributed by atoms with van der Waals surface area (Å²) in [4.78, 5) is 12.3. The smallest absolute Gasteiger partial charge is 0.243 e. The van der Waals surface area contributed by atoms with Gasteiger partial charge in [0.25, 0.3) is 0 Å². The molecule has 2 rings (SSSR count). The zero-order valence-corrected chi connectivity index (χ0v) is 14.6. The molecule has 0 saturated heterocycles. The van der Waals surface area contributed by atoms with Gasteiger partial charge in [0.15, 0.2) is 0 Å². The number of nitrogens with one attached hydrogen (secondary N) is 1. The molecule has 0 spiro atoms. The van der Waals surface area contributed by atoms with E-state index in [9.17, 15) is 22.0 Å². The Bertz CT molecular complexity index is 872. The summed E-state index contributed by atoms with van der Waals surface area (Å²) in [5.74, 6) is -1.91. The van der Waals surface area contributed by atoms with Crippen LogP contribution in [0.25, 0.3) is 0 Å². The van der Waals surface area contributed by atoms with E-state index in [1.165, 1.54) is 43.3 Å². The van der Waals surface area contributed by atoms with Gasteiger partial charge in [0.1, 0.15) is 17.7 Å². The highest BCUT2D eigenvalue weighted by molar-refractivity contribution is 7.92. The van der Waals surface area contributed by atoms with E-state index in [1.807, 2.05) is 0 Å². The van der Waals surface area contributed by atoms with Gasteiger partial charge in [-0.2, -0.15) is 0 Å². The highest BCUT2D eigenvalue weighted by atomic mass is 32.2. The summed E-state index contributed by atoms with van der Waals surface area (Å²) < 4.78 is 52.5. The summed E-state index contributed by atoms with van der Waals surface area (Å²) in [7, 11) is -3.92. The van der Waals surface area contributed by atoms with Crippen LogP contribution >= 0.6 is 0 Å². The van der Waals surface area contributed by atoms with Gasteiger partial charge < -0.3 is 5.32 Å². The zero-order chi connectivity index (χ0) is 18.6. The van der Waals surface area contributed by atoms with Gasteiger partial charge in [0.2, 0.25) is 15.9 Å². The summed E-state index contributed by atoms with van der Waals surface area (Å²) in [5.41, 5.74) is 0.0402. The number of amides is 1. The number of sulfonamides is 1. The first-order chi connectivity index (χ1) is 11.7. The Morgan fingerprint density at radius 2 is 1.64 bits per heavy atom. The molecule has 2 aromatic carbocycles. The van der Waals surface area contributed by atoms with Crippen LogP contribution in [0, 0.1) is 11.6 Å². The average Bonchev–Trinajstić information content (AvgIpc) is 2.54. The molecule has 0 heterocycles. The number of hydrogen-bond acceptors (Lipinski definition) is 3. The lowest BCUT2D eigenvalue weighted by Gasteiger charge is -2.28. The lowest BCUT2D eigenvalue weighted by Crippen LogP contribution is -2.48. The normalized spacial score (nSPS) is 12.5. The predicted octanol–water partition coefficient (Wildman–Crippen LogP) is 2.44. The van der Waals surface area contributed by atoms with Gasteiger partial charge in [0.05, 0.1) is 11.9 Å². The second-order valence-electron chi connectivity index (χ2n) is 5.50. The molecule has 0 radical (unpaired) electrons. The lowest BCUT2D eigenvalue weighted by atomic mass is 10.2. The van der Waals surface area contributed by atoms with E-state index in [-0.39, 0.29) is 17.8 Å². The third-order valence-electron chi connectivity index (χ3n) is 3.59. The monoisotopic (exact) mass is 368 g/mol. The second-order valence-corrected chi connectivity index (χ2v) is 7.35. The fourth-order valence-corrected chi connectivity index (χ4v) is 3.56. The van der Waals surface area contributed by atoms with E-state index in [0.717, 1.165) is 12.3 Å². The molecule has 1 atom stereocenters. The first-order valence-corrected chi connectivity index (χ1v) is 9.31. The van der Waals surface area contributed by atoms with Crippen LogP contribution in [0.15, 0.2) is 48.5 Å². The number of hydrogen-bond donors (Lipinski definition) is 1. The Hall–Kier alpha value is -2.48. The SMILES string of the molecule is CC(C(=O)NCc1ccccc1F)N(c1ccccc1F)S(C)(=O)=O. The molecule has 134 valence electrons. The molecule has 25 heavy (non-hydrogen) atoms. The van der Waals surface area contributed by atoms with Crippen LogP contribution in [0.2, 0.25) is 0 Å². The third-order valence-corrected chi connectivity index (χ3v) is 4.82. The van der Waals surface area contributed by atoms with Crippen molar-refractivity contribution in [3.63, 3.8) is 0 Å². The molecule has 8 heteroatoms. The number of para-hydroxylation sites is 1. The average molecular weight is 368 g/mol. The van der Waals surface area contributed by atoms with Gasteiger partial charge in [-0.3, -0.25) is 9.10 Å². The van der Waals surface area contributed by atoms with Gasteiger partial charge in [-0.15, -0.1) is 0 Å². The summed E-state index contributed by atoms with van der Waals surface area (Å²) in [6, 6.07) is 9.97. The maximum Gasteiger partial charge on any atom is 0.243 e. The molecular weight excluding hydrogens is 350 g/mol. The van der Waals surface area contributed by atoms with E-state index in [0.29, 0.717) is 4.31 Å². The fourth-order valence-electron chi connectivity index (χ4n) is 2.38. The number of halogens is 2. The van der Waals surface area contributed by atoms with Crippen LogP contribution in [0.1, 0.15) is 12.5 Å². The predicted molar refractivity (Wildman–Crippen MR) is 91.4 cm³/mol. The minimum absolute atomic E-state index is 0.106. The Labute approximate surface area is 145 Å². The quantitative estimate of drug-likeness (QED) is 0.852. The van der Waals surface area contributed by atoms with Crippen LogP contribution in [0.4, 0.5) is 14.5 Å². The molecule has 0 aromatic heterocycles. The largest absolute Gasteiger partial charge is 0.350 e. The van der Waals surface area contributed by atoms with Crippen molar-refractivity contribution in [3.05, 3.63) is 65.7 Å². The second kappa shape index (κ2) is 7.60. The van der Waals surface area contributed by atoms with Crippen molar-refractivity contribution in [2.45, 2.75) is 19.5 Å². The van der Waals surface area contributed by atoms with E-state index < -0.39 is 33.6 Å². The fraction of sp³-hybridized carbons (Fsp3) is 0.235. The van der Waals surface area contributed by atoms with Crippen molar-refractivity contribution in [1.82, 2.24) is 5.32 Å². The molecule has 1 amide bonds. The minimum atomic E-state index is -3.92. The van der Waals surface area contributed by atoms with Crippen LogP contribution in [0.3, 0.4) is 0 Å². The summed E-state index contributed by atoms with van der Waals surface area (Å²) in [5, 5.41) is 2.47. The molecule has 2 aromatic rings. The van der Waals surface area contributed by atoms with E-state index in [4.69, 9.17) is 0 Å². The standard InChI is InChI=1S/C17H18F2N2O3S/c1-12(17(22)20-11-13-7-3-4-8-14(13)18)21(25(2,23)24)16-10-6-5-9-15(16)19/h3-10,12H,11H2,1-2H3,(H,20,22). The van der Waals surface area contributed by atoms with E-state index in [1.54, 1.807) is 6.07 Å². The molecular formula is C17H18F2N2O3S. The topological polar surface area (TPSA) is 66.5 Å². The van der Waals surface area contributed by atoms with Gasteiger partial charge in [-0.05, 0) is 25.1 Å². The molecule has 5 nitrogen and oxygen atoms in total. The number of anilines is 1. The molecule has 1 N–H and O–H groups in total. The molecule has 0 aliphatic rings. The van der Waals surface area contributed by atoms with Crippen LogP contribution in [-0.4, -0.2) is 26.6 Å². The summed E-state index contributed by atoms with van der Waals surface area (Å²) in [6.07, 6.45) is 0.889. The van der Waals surface area contributed by atoms with Gasteiger partial charge in [-0.25, -0.2) is 17.2 Å². The van der Waals surface area contributed by atoms with Crippen LogP contribution in [0.5, 0.6) is 0 Å². The maximum absolute atomic E-state index is 14.0. The molecule has 0 aliphatic heterocycles. The van der Waals surface area contributed by atoms with Crippen LogP contribution in [-0.2, 0) is 21.4 Å². The Morgan fingerprint density at radius 1 is 1.08 bits per heavy atom. The lowest BCUT2D eigenvalue weighted by molar-refractivity contribution is -0.122. The zero-order valence-electron chi connectivity index (χ0n) is 13.7. The Kier molecular flexibility index (Phi) is 5.73. The Morgan fingerprint density at radius 3 is 2.20 bits per heavy atom. The molecule has 0 bridgehead atoms. The number of rotatable bonds is 6. The molecule has 0 fully saturated rings. The summed E-state index contributed by atoms with van der Waals surface area (Å²) in [6.45, 7) is 1.23. The number of carbonyl (C=O) groups excluding carboxylic acids is 1. The van der Waals surface area contributed by atoms with Crippen molar-refractivity contribution in [3.8, 4) is 0 Å². The van der Waals surface area contributed by atoms with E-state index in [2.05, 4.69) is 5.32 Å². The van der Waals surface area contributed by atoms with Crippen molar-refractivity contribution in [2.24, 2.45) is 0 Å². The van der Waals surface area contributed by atoms with Crippen molar-refractivity contribution >= 4 is 21.6 Å². The van der Waals surface area contributed by atoms with Crippen molar-refractivity contribution in [1.29, 1.82) is 0 Å². The Balaban J connectivity index is 2.22. The van der Waals surface area contributed by atoms with Gasteiger partial charge >= 0.3 is 0 Å². The van der Waals surface area contributed by atoms with E-state index >= 15 is 0 Å². The third kappa shape index (κ3) is 4.54. The summed E-state index contributed by atoms with van der Waals surface area (Å²) >= 11 is 0. The highest BCUT2D eigenvalue weighted by Gasteiger charge is 2.30. The molecule has 0 saturated carbocycles. The first-order valence-electron chi connectivity index (χ1n) is 7.47. The molecule has 0 aliphatic carbocycles. The van der Waals surface area contributed by atoms with Crippen molar-refractivity contribution < 1.29 is 22.0 Å². The molecule has 1 unspecified atom stereocenters. The number of nitrogens with zero attached hydrogens (tertiary/aromatic N) is 1. The maximum atomic E-state index is 14.0. The highest BCUT2D eigenvalue weighted by Crippen LogP contribution is 2.24. The van der Waals surface area contributed by atoms with Crippen molar-refractivity contribution in [2.75, 3.05) is 10.6 Å². The van der Waals surface area contributed by atoms with Crippen LogP contribution < -0.4 is 9.62 Å². The number of carbonyl (C=O) groups is 1. The first kappa shape index (κ1) is 18.9.